The van der Waals surface area contributed by atoms with Gasteiger partial charge in [-0.3, -0.25) is 9.59 Å². The highest BCUT2D eigenvalue weighted by Gasteiger charge is 2.46. The molecule has 3 aromatic rings. The van der Waals surface area contributed by atoms with Crippen LogP contribution in [0.3, 0.4) is 0 Å². The lowest BCUT2D eigenvalue weighted by Crippen LogP contribution is -2.61. The van der Waals surface area contributed by atoms with E-state index >= 15 is 0 Å². The van der Waals surface area contributed by atoms with Crippen LogP contribution in [0.1, 0.15) is 26.3 Å². The monoisotopic (exact) mass is 423 g/mol. The molecular formula is C23H22ClN3O3. The summed E-state index contributed by atoms with van der Waals surface area (Å²) in [5.41, 5.74) is 18.2. The molecule has 0 aliphatic carbocycles. The molecule has 0 amide bonds. The van der Waals surface area contributed by atoms with Crippen molar-refractivity contribution in [1.82, 2.24) is 0 Å². The van der Waals surface area contributed by atoms with Gasteiger partial charge in [-0.15, -0.1) is 0 Å². The summed E-state index contributed by atoms with van der Waals surface area (Å²) < 4.78 is 5.12. The van der Waals surface area contributed by atoms with Gasteiger partial charge in [0.1, 0.15) is 11.3 Å². The highest BCUT2D eigenvalue weighted by atomic mass is 35.5. The number of ketones is 2. The molecule has 0 aromatic heterocycles. The summed E-state index contributed by atoms with van der Waals surface area (Å²) in [6.45, 7) is 0. The number of halogens is 1. The van der Waals surface area contributed by atoms with Gasteiger partial charge in [-0.25, -0.2) is 0 Å². The van der Waals surface area contributed by atoms with Crippen LogP contribution in [0.2, 0.25) is 5.02 Å². The van der Waals surface area contributed by atoms with Crippen LogP contribution in [0.25, 0.3) is 0 Å². The standard InChI is InChI=1S/C23H22ClN3O3/c1-30-17-10-7-14(8-11-17)20(28)21(26)23(27,16-5-3-2-4-6-16)22(29)15-9-12-18(24)19(25)13-15/h2-13,21H,25-27H2,1H3. The first kappa shape index (κ1) is 21.5. The molecule has 0 radical (unpaired) electrons. The van der Waals surface area contributed by atoms with Crippen LogP contribution in [-0.2, 0) is 5.54 Å². The SMILES string of the molecule is COc1ccc(C(=O)C(N)C(N)(C(=O)c2ccc(Cl)c(N)c2)c2ccccc2)cc1. The predicted octanol–water partition coefficient (Wildman–Crippen LogP) is 3.18. The molecule has 7 heteroatoms. The van der Waals surface area contributed by atoms with E-state index in [1.54, 1.807) is 54.6 Å². The zero-order valence-corrected chi connectivity index (χ0v) is 17.1. The van der Waals surface area contributed by atoms with Gasteiger partial charge in [0.2, 0.25) is 0 Å². The highest BCUT2D eigenvalue weighted by molar-refractivity contribution is 6.33. The van der Waals surface area contributed by atoms with Crippen molar-refractivity contribution in [2.75, 3.05) is 12.8 Å². The molecular weight excluding hydrogens is 402 g/mol. The molecule has 2 atom stereocenters. The summed E-state index contributed by atoms with van der Waals surface area (Å²) in [7, 11) is 1.53. The number of Topliss-reactive ketones (excluding diaryl/α,β-unsaturated/α-hetero) is 2. The van der Waals surface area contributed by atoms with Gasteiger partial charge in [0.05, 0.1) is 23.9 Å². The number of benzene rings is 3. The van der Waals surface area contributed by atoms with Gasteiger partial charge >= 0.3 is 0 Å². The van der Waals surface area contributed by atoms with E-state index in [4.69, 9.17) is 33.5 Å². The Hall–Kier alpha value is -3.19. The summed E-state index contributed by atoms with van der Waals surface area (Å²) in [5, 5.41) is 0.312. The largest absolute Gasteiger partial charge is 0.497 e. The summed E-state index contributed by atoms with van der Waals surface area (Å²) in [5.74, 6) is -0.416. The fraction of sp³-hybridized carbons (Fsp3) is 0.130. The topological polar surface area (TPSA) is 121 Å². The molecule has 3 rings (SSSR count). The third-order valence-electron chi connectivity index (χ3n) is 5.03. The van der Waals surface area contributed by atoms with Crippen molar-refractivity contribution in [3.05, 3.63) is 94.5 Å². The summed E-state index contributed by atoms with van der Waals surface area (Å²) in [6, 6.07) is 18.1. The Bertz CT molecular complexity index is 1070. The van der Waals surface area contributed by atoms with Crippen molar-refractivity contribution in [2.45, 2.75) is 11.6 Å². The third-order valence-corrected chi connectivity index (χ3v) is 5.38. The average molecular weight is 424 g/mol. The molecule has 0 spiro atoms. The van der Waals surface area contributed by atoms with Crippen molar-refractivity contribution in [2.24, 2.45) is 11.5 Å². The van der Waals surface area contributed by atoms with Gasteiger partial charge in [0, 0.05) is 11.1 Å². The molecule has 2 unspecified atom stereocenters. The molecule has 154 valence electrons. The number of methoxy groups -OCH3 is 1. The van der Waals surface area contributed by atoms with Crippen molar-refractivity contribution in [1.29, 1.82) is 0 Å². The fourth-order valence-electron chi connectivity index (χ4n) is 3.23. The minimum atomic E-state index is -1.82. The zero-order valence-electron chi connectivity index (χ0n) is 16.3. The molecule has 0 saturated heterocycles. The van der Waals surface area contributed by atoms with E-state index in [0.29, 0.717) is 21.9 Å². The Morgan fingerprint density at radius 1 is 0.967 bits per heavy atom. The predicted molar refractivity (Wildman–Crippen MR) is 118 cm³/mol. The lowest BCUT2D eigenvalue weighted by molar-refractivity contribution is 0.0785. The lowest BCUT2D eigenvalue weighted by atomic mass is 9.75. The number of carbonyl (C=O) groups is 2. The number of hydrogen-bond acceptors (Lipinski definition) is 6. The normalized spacial score (nSPS) is 13.9. The lowest BCUT2D eigenvalue weighted by Gasteiger charge is -2.33. The minimum Gasteiger partial charge on any atom is -0.497 e. The Morgan fingerprint density at radius 2 is 1.57 bits per heavy atom. The van der Waals surface area contributed by atoms with Gasteiger partial charge in [-0.05, 0) is 48.0 Å². The van der Waals surface area contributed by atoms with Crippen molar-refractivity contribution < 1.29 is 14.3 Å². The second-order valence-corrected chi connectivity index (χ2v) is 7.28. The maximum atomic E-state index is 13.5. The van der Waals surface area contributed by atoms with Crippen LogP contribution in [0.5, 0.6) is 5.75 Å². The van der Waals surface area contributed by atoms with Crippen LogP contribution in [0.15, 0.2) is 72.8 Å². The number of nitrogens with two attached hydrogens (primary N) is 3. The van der Waals surface area contributed by atoms with Crippen LogP contribution >= 0.6 is 11.6 Å². The maximum absolute atomic E-state index is 13.5. The van der Waals surface area contributed by atoms with Crippen LogP contribution in [0, 0.1) is 0 Å². The average Bonchev–Trinajstić information content (AvgIpc) is 2.79. The molecule has 6 nitrogen and oxygen atoms in total. The zero-order chi connectivity index (χ0) is 21.9. The number of nitrogen functional groups attached to an aromatic ring is 1. The van der Waals surface area contributed by atoms with Gasteiger partial charge in [0.15, 0.2) is 11.6 Å². The third kappa shape index (κ3) is 3.93. The van der Waals surface area contributed by atoms with Crippen molar-refractivity contribution in [3.63, 3.8) is 0 Å². The maximum Gasteiger partial charge on any atom is 0.189 e. The van der Waals surface area contributed by atoms with E-state index < -0.39 is 23.1 Å². The van der Waals surface area contributed by atoms with Gasteiger partial charge < -0.3 is 21.9 Å². The van der Waals surface area contributed by atoms with E-state index in [2.05, 4.69) is 0 Å². The molecule has 0 aliphatic heterocycles. The molecule has 0 bridgehead atoms. The van der Waals surface area contributed by atoms with Crippen molar-refractivity contribution >= 4 is 28.9 Å². The number of carbonyl (C=O) groups excluding carboxylic acids is 2. The van der Waals surface area contributed by atoms with Crippen LogP contribution in [-0.4, -0.2) is 24.7 Å². The number of hydrogen-bond donors (Lipinski definition) is 3. The molecule has 30 heavy (non-hydrogen) atoms. The number of anilines is 1. The molecule has 0 fully saturated rings. The Balaban J connectivity index is 2.08. The Morgan fingerprint density at radius 3 is 2.13 bits per heavy atom. The Kier molecular flexibility index (Phi) is 6.22. The first-order chi connectivity index (χ1) is 14.3. The van der Waals surface area contributed by atoms with E-state index in [-0.39, 0.29) is 11.3 Å². The summed E-state index contributed by atoms with van der Waals surface area (Å²) >= 11 is 5.98. The molecule has 0 heterocycles. The van der Waals surface area contributed by atoms with Crippen LogP contribution < -0.4 is 21.9 Å². The molecule has 6 N–H and O–H groups in total. The Labute approximate surface area is 179 Å². The van der Waals surface area contributed by atoms with Gasteiger partial charge in [-0.1, -0.05) is 41.9 Å². The van der Waals surface area contributed by atoms with E-state index in [1.807, 2.05) is 0 Å². The smallest absolute Gasteiger partial charge is 0.189 e. The second-order valence-electron chi connectivity index (χ2n) is 6.87. The molecule has 3 aromatic carbocycles. The summed E-state index contributed by atoms with van der Waals surface area (Å²) in [4.78, 5) is 26.7. The first-order valence-electron chi connectivity index (χ1n) is 9.17. The fourth-order valence-corrected chi connectivity index (χ4v) is 3.35. The number of rotatable bonds is 7. The van der Waals surface area contributed by atoms with Crippen molar-refractivity contribution in [3.8, 4) is 5.75 Å². The molecule has 0 aliphatic rings. The van der Waals surface area contributed by atoms with E-state index in [1.165, 1.54) is 25.3 Å². The van der Waals surface area contributed by atoms with E-state index in [0.717, 1.165) is 0 Å². The quantitative estimate of drug-likeness (QED) is 0.396. The summed E-state index contributed by atoms with van der Waals surface area (Å²) in [6.07, 6.45) is 0. The first-order valence-corrected chi connectivity index (χ1v) is 9.55. The highest BCUT2D eigenvalue weighted by Crippen LogP contribution is 2.30. The number of ether oxygens (including phenoxy) is 1. The van der Waals surface area contributed by atoms with Crippen LogP contribution in [0.4, 0.5) is 5.69 Å². The van der Waals surface area contributed by atoms with Gasteiger partial charge in [-0.2, -0.15) is 0 Å². The minimum absolute atomic E-state index is 0.209. The molecule has 0 saturated carbocycles. The second kappa shape index (κ2) is 8.67. The van der Waals surface area contributed by atoms with Gasteiger partial charge in [0.25, 0.3) is 0 Å². The van der Waals surface area contributed by atoms with E-state index in [9.17, 15) is 9.59 Å².